The molecule has 0 aromatic heterocycles. The first-order valence-electron chi connectivity index (χ1n) is 4.17. The summed E-state index contributed by atoms with van der Waals surface area (Å²) >= 11 is 1.80. The maximum Gasteiger partial charge on any atom is 0.0754 e. The second-order valence-corrected chi connectivity index (χ2v) is 4.45. The first kappa shape index (κ1) is 11.3. The molecule has 0 fully saturated rings. The Balaban J connectivity index is 3.15. The lowest BCUT2D eigenvalue weighted by molar-refractivity contribution is 0.196. The molecule has 3 heteroatoms. The zero-order valence-electron chi connectivity index (χ0n) is 7.63. The normalized spacial score (nSPS) is 13.9. The maximum atomic E-state index is 9.35. The monoisotopic (exact) mass is 177 g/mol. The second-order valence-electron chi connectivity index (χ2n) is 2.84. The summed E-state index contributed by atoms with van der Waals surface area (Å²) in [6, 6.07) is 0. The molecular weight excluding hydrogens is 158 g/mol. The van der Waals surface area contributed by atoms with Crippen molar-refractivity contribution in [3.63, 3.8) is 0 Å². The number of likely N-dealkylation sites (N-methyl/N-ethyl adjacent to an activating group) is 1. The molecule has 68 valence electrons. The van der Waals surface area contributed by atoms with Crippen LogP contribution in [0.25, 0.3) is 0 Å². The molecule has 0 heterocycles. The minimum atomic E-state index is -0.192. The summed E-state index contributed by atoms with van der Waals surface area (Å²) in [5, 5.41) is 13.1. The van der Waals surface area contributed by atoms with Gasteiger partial charge in [-0.3, -0.25) is 0 Å². The molecular formula is C8H19NOS. The van der Waals surface area contributed by atoms with Crippen LogP contribution >= 0.6 is 11.8 Å². The molecule has 0 aromatic rings. The molecule has 0 radical (unpaired) electrons. The predicted octanol–water partition coefficient (Wildman–Crippen LogP) is 1.10. The number of aliphatic hydroxyl groups is 1. The Kier molecular flexibility index (Phi) is 7.12. The van der Waals surface area contributed by atoms with Crippen molar-refractivity contribution in [3.05, 3.63) is 0 Å². The van der Waals surface area contributed by atoms with Crippen molar-refractivity contribution in [2.75, 3.05) is 18.8 Å². The molecule has 0 amide bonds. The van der Waals surface area contributed by atoms with Gasteiger partial charge in [0.15, 0.2) is 0 Å². The van der Waals surface area contributed by atoms with Crippen molar-refractivity contribution in [2.45, 2.75) is 32.1 Å². The Hall–Kier alpha value is 0.270. The second kappa shape index (κ2) is 6.95. The fourth-order valence-electron chi connectivity index (χ4n) is 0.673. The largest absolute Gasteiger partial charge is 0.391 e. The van der Waals surface area contributed by atoms with Crippen LogP contribution in [0.5, 0.6) is 0 Å². The Morgan fingerprint density at radius 1 is 1.45 bits per heavy atom. The molecule has 0 aliphatic rings. The highest BCUT2D eigenvalue weighted by Crippen LogP contribution is 2.09. The molecule has 0 rings (SSSR count). The van der Waals surface area contributed by atoms with Crippen molar-refractivity contribution in [3.8, 4) is 0 Å². The summed E-state index contributed by atoms with van der Waals surface area (Å²) in [7, 11) is 0. The molecule has 1 unspecified atom stereocenters. The summed E-state index contributed by atoms with van der Waals surface area (Å²) in [5.74, 6) is 0.838. The smallest absolute Gasteiger partial charge is 0.0754 e. The molecule has 1 atom stereocenters. The summed E-state index contributed by atoms with van der Waals surface area (Å²) in [4.78, 5) is 0. The van der Waals surface area contributed by atoms with Gasteiger partial charge in [0.2, 0.25) is 0 Å². The van der Waals surface area contributed by atoms with Crippen molar-refractivity contribution >= 4 is 11.8 Å². The molecule has 0 aromatic carbocycles. The van der Waals surface area contributed by atoms with E-state index < -0.39 is 0 Å². The number of rotatable bonds is 6. The van der Waals surface area contributed by atoms with Crippen molar-refractivity contribution in [1.82, 2.24) is 5.32 Å². The molecule has 2 N–H and O–H groups in total. The minimum absolute atomic E-state index is 0.192. The highest BCUT2D eigenvalue weighted by Gasteiger charge is 2.03. The lowest BCUT2D eigenvalue weighted by Gasteiger charge is -2.11. The predicted molar refractivity (Wildman–Crippen MR) is 52.1 cm³/mol. The van der Waals surface area contributed by atoms with E-state index in [1.807, 2.05) is 6.92 Å². The summed E-state index contributed by atoms with van der Waals surface area (Å²) in [6.07, 6.45) is -0.192. The Labute approximate surface area is 73.8 Å². The summed E-state index contributed by atoms with van der Waals surface area (Å²) in [5.41, 5.74) is 0. The van der Waals surface area contributed by atoms with E-state index in [1.54, 1.807) is 11.8 Å². The standard InChI is InChI=1S/C8H19NOS/c1-4-9-5-8(10)6-11-7(2)3/h7-10H,4-6H2,1-3H3. The van der Waals surface area contributed by atoms with E-state index in [9.17, 15) is 5.11 Å². The van der Waals surface area contributed by atoms with Crippen LogP contribution in [0.3, 0.4) is 0 Å². The minimum Gasteiger partial charge on any atom is -0.391 e. The highest BCUT2D eigenvalue weighted by atomic mass is 32.2. The van der Waals surface area contributed by atoms with Crippen LogP contribution in [0.2, 0.25) is 0 Å². The fourth-order valence-corrected chi connectivity index (χ4v) is 1.40. The van der Waals surface area contributed by atoms with Gasteiger partial charge >= 0.3 is 0 Å². The van der Waals surface area contributed by atoms with Crippen LogP contribution in [-0.2, 0) is 0 Å². The van der Waals surface area contributed by atoms with E-state index in [0.717, 1.165) is 18.8 Å². The van der Waals surface area contributed by atoms with Gasteiger partial charge in [-0.05, 0) is 11.8 Å². The van der Waals surface area contributed by atoms with Gasteiger partial charge in [-0.1, -0.05) is 20.8 Å². The topological polar surface area (TPSA) is 32.3 Å². The third kappa shape index (κ3) is 8.17. The SMILES string of the molecule is CCNCC(O)CSC(C)C. The number of hydrogen-bond donors (Lipinski definition) is 2. The van der Waals surface area contributed by atoms with E-state index in [2.05, 4.69) is 19.2 Å². The van der Waals surface area contributed by atoms with E-state index >= 15 is 0 Å². The van der Waals surface area contributed by atoms with Crippen molar-refractivity contribution in [2.24, 2.45) is 0 Å². The van der Waals surface area contributed by atoms with Crippen molar-refractivity contribution < 1.29 is 5.11 Å². The maximum absolute atomic E-state index is 9.35. The number of aliphatic hydroxyl groups excluding tert-OH is 1. The first-order valence-corrected chi connectivity index (χ1v) is 5.22. The number of hydrogen-bond acceptors (Lipinski definition) is 3. The van der Waals surface area contributed by atoms with Gasteiger partial charge in [-0.2, -0.15) is 11.8 Å². The van der Waals surface area contributed by atoms with Crippen LogP contribution in [0.1, 0.15) is 20.8 Å². The number of nitrogens with one attached hydrogen (secondary N) is 1. The third-order valence-corrected chi connectivity index (χ3v) is 2.50. The Morgan fingerprint density at radius 3 is 2.55 bits per heavy atom. The average molecular weight is 177 g/mol. The van der Waals surface area contributed by atoms with Crippen LogP contribution in [0.4, 0.5) is 0 Å². The number of thioether (sulfide) groups is 1. The van der Waals surface area contributed by atoms with Crippen molar-refractivity contribution in [1.29, 1.82) is 0 Å². The van der Waals surface area contributed by atoms with Crippen LogP contribution in [0, 0.1) is 0 Å². The average Bonchev–Trinajstić information content (AvgIpc) is 1.97. The van der Waals surface area contributed by atoms with E-state index in [-0.39, 0.29) is 6.10 Å². The third-order valence-electron chi connectivity index (χ3n) is 1.25. The molecule has 2 nitrogen and oxygen atoms in total. The Morgan fingerprint density at radius 2 is 2.09 bits per heavy atom. The molecule has 0 spiro atoms. The Bertz CT molecular complexity index is 88.2. The fraction of sp³-hybridized carbons (Fsp3) is 1.00. The first-order chi connectivity index (χ1) is 5.16. The molecule has 0 saturated heterocycles. The quantitative estimate of drug-likeness (QED) is 0.637. The van der Waals surface area contributed by atoms with Gasteiger partial charge in [0.1, 0.15) is 0 Å². The zero-order chi connectivity index (χ0) is 8.69. The zero-order valence-corrected chi connectivity index (χ0v) is 8.45. The summed E-state index contributed by atoms with van der Waals surface area (Å²) < 4.78 is 0. The van der Waals surface area contributed by atoms with Gasteiger partial charge in [0.25, 0.3) is 0 Å². The lowest BCUT2D eigenvalue weighted by atomic mass is 10.4. The highest BCUT2D eigenvalue weighted by molar-refractivity contribution is 7.99. The molecule has 0 saturated carbocycles. The molecule has 0 aliphatic carbocycles. The van der Waals surface area contributed by atoms with Gasteiger partial charge < -0.3 is 10.4 Å². The molecule has 0 aliphatic heterocycles. The lowest BCUT2D eigenvalue weighted by Crippen LogP contribution is -2.28. The molecule has 0 bridgehead atoms. The van der Waals surface area contributed by atoms with E-state index in [4.69, 9.17) is 0 Å². The van der Waals surface area contributed by atoms with Crippen LogP contribution in [0.15, 0.2) is 0 Å². The van der Waals surface area contributed by atoms with Gasteiger partial charge in [0.05, 0.1) is 6.10 Å². The summed E-state index contributed by atoms with van der Waals surface area (Å²) in [6.45, 7) is 7.98. The van der Waals surface area contributed by atoms with Gasteiger partial charge in [-0.25, -0.2) is 0 Å². The van der Waals surface area contributed by atoms with Gasteiger partial charge in [-0.15, -0.1) is 0 Å². The van der Waals surface area contributed by atoms with Crippen LogP contribution in [-0.4, -0.2) is 35.3 Å². The van der Waals surface area contributed by atoms with E-state index in [1.165, 1.54) is 0 Å². The van der Waals surface area contributed by atoms with E-state index in [0.29, 0.717) is 5.25 Å². The van der Waals surface area contributed by atoms with Gasteiger partial charge in [0, 0.05) is 12.3 Å². The van der Waals surface area contributed by atoms with Crippen LogP contribution < -0.4 is 5.32 Å². The molecule has 11 heavy (non-hydrogen) atoms.